The lowest BCUT2D eigenvalue weighted by Gasteiger charge is -2.20. The first kappa shape index (κ1) is 33.3. The number of rotatable bonds is 12. The number of hydrogen-bond acceptors (Lipinski definition) is 8. The van der Waals surface area contributed by atoms with E-state index in [2.05, 4.69) is 15.6 Å². The first-order valence-corrected chi connectivity index (χ1v) is 16.5. The molecule has 13 heteroatoms. The fourth-order valence-electron chi connectivity index (χ4n) is 6.21. The minimum atomic E-state index is -0.361. The van der Waals surface area contributed by atoms with Gasteiger partial charge in [-0.05, 0) is 69.5 Å². The molecule has 4 amide bonds. The van der Waals surface area contributed by atoms with Gasteiger partial charge in [0, 0.05) is 62.7 Å². The Morgan fingerprint density at radius 3 is 2.63 bits per heavy atom. The van der Waals surface area contributed by atoms with Crippen LogP contribution in [0, 0.1) is 0 Å². The minimum Gasteiger partial charge on any atom is -0.493 e. The molecule has 0 bridgehead atoms. The minimum absolute atomic E-state index is 0.00644. The number of methoxy groups -OCH3 is 1. The number of aryl methyl sites for hydroxylation is 1. The number of amides is 4. The molecule has 13 nitrogen and oxygen atoms in total. The summed E-state index contributed by atoms with van der Waals surface area (Å²) in [5.41, 5.74) is 2.94. The molecule has 0 spiro atoms. The van der Waals surface area contributed by atoms with Gasteiger partial charge in [0.1, 0.15) is 11.3 Å². The predicted molar refractivity (Wildman–Crippen MR) is 185 cm³/mol. The Hall–Kier alpha value is -5.59. The van der Waals surface area contributed by atoms with E-state index >= 15 is 0 Å². The van der Waals surface area contributed by atoms with Gasteiger partial charge in [-0.2, -0.15) is 0 Å². The SMILES string of the molecule is CCN(CC)C(=O)c1cc2cc(NC(=O)c3cc(NC(=O)CCCOc4cc5c(cc4OC)C(=O)N4CCC[C@H]4C=N5)cn3C)ccc2o1. The smallest absolute Gasteiger partial charge is 0.289 e. The molecule has 49 heavy (non-hydrogen) atoms. The predicted octanol–water partition coefficient (Wildman–Crippen LogP) is 5.63. The highest BCUT2D eigenvalue weighted by molar-refractivity contribution is 6.06. The average Bonchev–Trinajstić information content (AvgIpc) is 3.82. The summed E-state index contributed by atoms with van der Waals surface area (Å²) >= 11 is 0. The van der Waals surface area contributed by atoms with Crippen LogP contribution in [0.25, 0.3) is 11.0 Å². The maximum atomic E-state index is 13.1. The summed E-state index contributed by atoms with van der Waals surface area (Å²) < 4.78 is 18.8. The second-order valence-corrected chi connectivity index (χ2v) is 12.0. The highest BCUT2D eigenvalue weighted by Crippen LogP contribution is 2.38. The van der Waals surface area contributed by atoms with Gasteiger partial charge in [-0.1, -0.05) is 0 Å². The van der Waals surface area contributed by atoms with E-state index in [4.69, 9.17) is 13.9 Å². The fraction of sp³-hybridized carbons (Fsp3) is 0.361. The molecule has 2 N–H and O–H groups in total. The van der Waals surface area contributed by atoms with E-state index in [0.29, 0.717) is 76.8 Å². The van der Waals surface area contributed by atoms with E-state index in [1.807, 2.05) is 25.0 Å². The molecule has 4 heterocycles. The first-order valence-electron chi connectivity index (χ1n) is 16.5. The van der Waals surface area contributed by atoms with Crippen LogP contribution in [0.4, 0.5) is 17.1 Å². The number of furan rings is 1. The second-order valence-electron chi connectivity index (χ2n) is 12.0. The van der Waals surface area contributed by atoms with Crippen molar-refractivity contribution in [3.8, 4) is 11.5 Å². The van der Waals surface area contributed by atoms with Gasteiger partial charge in [0.05, 0.1) is 36.7 Å². The standard InChI is InChI=1S/C36H40N6O7/c1-5-41(6-2)36(46)32-16-22-15-23(11-12-29(22)49-32)39-34(44)28-17-24(21-40(28)3)38-33(43)10-8-14-48-31-19-27-26(18-30(31)47-4)35(45)42-13-7-9-25(42)20-37-27/h11-12,15-21,25H,5-10,13-14H2,1-4H3,(H,38,43)(H,39,44)/t25-/m0/s1. The number of fused-ring (bicyclic) bond motifs is 3. The molecule has 2 aliphatic rings. The molecule has 1 fully saturated rings. The molecule has 0 radical (unpaired) electrons. The Morgan fingerprint density at radius 1 is 1.04 bits per heavy atom. The summed E-state index contributed by atoms with van der Waals surface area (Å²) in [5.74, 6) is 0.292. The molecule has 0 saturated carbocycles. The zero-order valence-corrected chi connectivity index (χ0v) is 28.1. The van der Waals surface area contributed by atoms with Crippen LogP contribution in [0.3, 0.4) is 0 Å². The van der Waals surface area contributed by atoms with Gasteiger partial charge in [-0.3, -0.25) is 24.2 Å². The van der Waals surface area contributed by atoms with Gasteiger partial charge in [0.25, 0.3) is 17.7 Å². The molecular formula is C36H40N6O7. The lowest BCUT2D eigenvalue weighted by molar-refractivity contribution is -0.116. The zero-order chi connectivity index (χ0) is 34.7. The van der Waals surface area contributed by atoms with E-state index < -0.39 is 0 Å². The Balaban J connectivity index is 1.02. The number of benzene rings is 2. The van der Waals surface area contributed by atoms with Crippen molar-refractivity contribution in [2.75, 3.05) is 44.0 Å². The fourth-order valence-corrected chi connectivity index (χ4v) is 6.21. The monoisotopic (exact) mass is 668 g/mol. The molecule has 1 atom stereocenters. The van der Waals surface area contributed by atoms with Crippen molar-refractivity contribution in [2.45, 2.75) is 45.6 Å². The van der Waals surface area contributed by atoms with Crippen LogP contribution in [0.15, 0.2) is 58.1 Å². The molecule has 0 unspecified atom stereocenters. The number of hydrogen-bond donors (Lipinski definition) is 2. The number of anilines is 2. The third-order valence-electron chi connectivity index (χ3n) is 8.82. The molecular weight excluding hydrogens is 628 g/mol. The molecule has 2 aliphatic heterocycles. The third kappa shape index (κ3) is 7.01. The van der Waals surface area contributed by atoms with Crippen LogP contribution in [0.2, 0.25) is 0 Å². The Bertz CT molecular complexity index is 1940. The second kappa shape index (κ2) is 14.3. The lowest BCUT2D eigenvalue weighted by Crippen LogP contribution is -2.35. The van der Waals surface area contributed by atoms with E-state index in [1.165, 1.54) is 7.11 Å². The van der Waals surface area contributed by atoms with Crippen molar-refractivity contribution in [1.82, 2.24) is 14.4 Å². The van der Waals surface area contributed by atoms with Crippen LogP contribution >= 0.6 is 0 Å². The summed E-state index contributed by atoms with van der Waals surface area (Å²) in [4.78, 5) is 59.7. The normalized spacial score (nSPS) is 15.1. The van der Waals surface area contributed by atoms with Gasteiger partial charge in [0.15, 0.2) is 17.3 Å². The molecule has 1 saturated heterocycles. The van der Waals surface area contributed by atoms with Crippen LogP contribution in [-0.4, -0.2) is 83.6 Å². The van der Waals surface area contributed by atoms with Crippen LogP contribution in [0.5, 0.6) is 11.5 Å². The van der Waals surface area contributed by atoms with Crippen molar-refractivity contribution >= 4 is 57.9 Å². The van der Waals surface area contributed by atoms with Gasteiger partial charge in [-0.25, -0.2) is 0 Å². The summed E-state index contributed by atoms with van der Waals surface area (Å²) in [6.07, 6.45) is 5.95. The Kier molecular flexibility index (Phi) is 9.70. The number of aromatic nitrogens is 1. The number of aliphatic imine (C=N–C) groups is 1. The number of ether oxygens (including phenoxy) is 2. The first-order chi connectivity index (χ1) is 23.7. The summed E-state index contributed by atoms with van der Waals surface area (Å²) in [7, 11) is 3.24. The van der Waals surface area contributed by atoms with Crippen molar-refractivity contribution in [3.63, 3.8) is 0 Å². The van der Waals surface area contributed by atoms with Crippen molar-refractivity contribution in [1.29, 1.82) is 0 Å². The Morgan fingerprint density at radius 2 is 1.86 bits per heavy atom. The van der Waals surface area contributed by atoms with Crippen molar-refractivity contribution in [3.05, 3.63) is 65.7 Å². The van der Waals surface area contributed by atoms with Crippen molar-refractivity contribution in [2.24, 2.45) is 12.0 Å². The molecule has 2 aromatic heterocycles. The van der Waals surface area contributed by atoms with Crippen molar-refractivity contribution < 1.29 is 33.1 Å². The topological polar surface area (TPSA) is 148 Å². The zero-order valence-electron chi connectivity index (χ0n) is 28.1. The quantitative estimate of drug-likeness (QED) is 0.186. The van der Waals surface area contributed by atoms with Gasteiger partial charge in [-0.15, -0.1) is 0 Å². The van der Waals surface area contributed by atoms with E-state index in [1.54, 1.807) is 65.2 Å². The maximum Gasteiger partial charge on any atom is 0.289 e. The molecule has 256 valence electrons. The average molecular weight is 669 g/mol. The van der Waals surface area contributed by atoms with Gasteiger partial charge in [0.2, 0.25) is 5.91 Å². The third-order valence-corrected chi connectivity index (χ3v) is 8.82. The highest BCUT2D eigenvalue weighted by atomic mass is 16.5. The van der Waals surface area contributed by atoms with E-state index in [-0.39, 0.29) is 48.5 Å². The Labute approximate surface area is 283 Å². The highest BCUT2D eigenvalue weighted by Gasteiger charge is 2.32. The molecule has 4 aromatic rings. The largest absolute Gasteiger partial charge is 0.493 e. The van der Waals surface area contributed by atoms with Gasteiger partial charge >= 0.3 is 0 Å². The summed E-state index contributed by atoms with van der Waals surface area (Å²) in [6.45, 7) is 5.92. The number of carbonyl (C=O) groups is 4. The molecule has 2 aromatic carbocycles. The number of carbonyl (C=O) groups excluding carboxylic acids is 4. The molecule has 0 aliphatic carbocycles. The number of nitrogens with zero attached hydrogens (tertiary/aromatic N) is 4. The lowest BCUT2D eigenvalue weighted by atomic mass is 10.1. The summed E-state index contributed by atoms with van der Waals surface area (Å²) in [5, 5.41) is 6.41. The number of nitrogens with one attached hydrogen (secondary N) is 2. The van der Waals surface area contributed by atoms with E-state index in [0.717, 1.165) is 12.8 Å². The van der Waals surface area contributed by atoms with E-state index in [9.17, 15) is 19.2 Å². The molecule has 6 rings (SSSR count). The van der Waals surface area contributed by atoms with Crippen LogP contribution in [-0.2, 0) is 11.8 Å². The maximum absolute atomic E-state index is 13.1. The van der Waals surface area contributed by atoms with Crippen LogP contribution in [0.1, 0.15) is 70.9 Å². The summed E-state index contributed by atoms with van der Waals surface area (Å²) in [6, 6.07) is 11.8. The van der Waals surface area contributed by atoms with Crippen LogP contribution < -0.4 is 20.1 Å². The van der Waals surface area contributed by atoms with Gasteiger partial charge < -0.3 is 38.9 Å².